The lowest BCUT2D eigenvalue weighted by molar-refractivity contribution is 0.409. The van der Waals surface area contributed by atoms with Crippen molar-refractivity contribution in [3.8, 4) is 22.6 Å². The monoisotopic (exact) mass is 305 g/mol. The van der Waals surface area contributed by atoms with E-state index in [4.69, 9.17) is 9.47 Å². The van der Waals surface area contributed by atoms with E-state index in [0.717, 1.165) is 42.1 Å². The van der Waals surface area contributed by atoms with Crippen LogP contribution in [0.1, 0.15) is 11.1 Å². The predicted molar refractivity (Wildman–Crippen MR) is 87.6 cm³/mol. The van der Waals surface area contributed by atoms with Gasteiger partial charge in [-0.15, -0.1) is 12.4 Å². The predicted octanol–water partition coefficient (Wildman–Crippen LogP) is 3.44. The maximum atomic E-state index is 5.58. The molecule has 1 N–H and O–H groups in total. The molecule has 0 aliphatic carbocycles. The van der Waals surface area contributed by atoms with Gasteiger partial charge in [-0.2, -0.15) is 0 Å². The Hall–Kier alpha value is -1.71. The van der Waals surface area contributed by atoms with Crippen molar-refractivity contribution in [2.75, 3.05) is 20.8 Å². The lowest BCUT2D eigenvalue weighted by Gasteiger charge is -2.23. The lowest BCUT2D eigenvalue weighted by Crippen LogP contribution is -2.24. The number of hydrogen-bond acceptors (Lipinski definition) is 3. The number of para-hydroxylation sites is 1. The van der Waals surface area contributed by atoms with E-state index in [1.54, 1.807) is 14.2 Å². The second-order valence-electron chi connectivity index (χ2n) is 4.91. The van der Waals surface area contributed by atoms with Crippen LogP contribution in [-0.4, -0.2) is 20.8 Å². The van der Waals surface area contributed by atoms with E-state index in [-0.39, 0.29) is 12.4 Å². The zero-order valence-corrected chi connectivity index (χ0v) is 13.1. The van der Waals surface area contributed by atoms with E-state index >= 15 is 0 Å². The molecule has 1 aliphatic rings. The van der Waals surface area contributed by atoms with Gasteiger partial charge in [-0.1, -0.05) is 24.3 Å². The highest BCUT2D eigenvalue weighted by atomic mass is 35.5. The summed E-state index contributed by atoms with van der Waals surface area (Å²) in [5.74, 6) is 1.78. The second kappa shape index (κ2) is 6.83. The number of fused-ring (bicyclic) bond motifs is 1. The third-order valence-corrected chi connectivity index (χ3v) is 3.84. The minimum absolute atomic E-state index is 0. The molecule has 0 fully saturated rings. The Morgan fingerprint density at radius 2 is 1.71 bits per heavy atom. The summed E-state index contributed by atoms with van der Waals surface area (Å²) in [5.41, 5.74) is 4.95. The molecule has 3 rings (SSSR count). The molecule has 0 amide bonds. The van der Waals surface area contributed by atoms with Crippen molar-refractivity contribution in [3.05, 3.63) is 47.5 Å². The summed E-state index contributed by atoms with van der Waals surface area (Å²) in [4.78, 5) is 0. The summed E-state index contributed by atoms with van der Waals surface area (Å²) in [6.45, 7) is 1.91. The van der Waals surface area contributed by atoms with Gasteiger partial charge in [-0.3, -0.25) is 0 Å². The SMILES string of the molecule is COc1ccccc1-c1c(OC)ccc2c1CNCC2.Cl. The summed E-state index contributed by atoms with van der Waals surface area (Å²) in [6.07, 6.45) is 1.06. The van der Waals surface area contributed by atoms with Crippen LogP contribution in [0.25, 0.3) is 11.1 Å². The van der Waals surface area contributed by atoms with Gasteiger partial charge >= 0.3 is 0 Å². The first-order chi connectivity index (χ1) is 9.85. The summed E-state index contributed by atoms with van der Waals surface area (Å²) in [5, 5.41) is 3.44. The number of halogens is 1. The molecule has 0 saturated carbocycles. The third kappa shape index (κ3) is 2.85. The van der Waals surface area contributed by atoms with Crippen LogP contribution in [-0.2, 0) is 13.0 Å². The van der Waals surface area contributed by atoms with Gasteiger partial charge in [0.1, 0.15) is 11.5 Å². The molecule has 0 aromatic heterocycles. The largest absolute Gasteiger partial charge is 0.496 e. The molecule has 112 valence electrons. The van der Waals surface area contributed by atoms with Crippen molar-refractivity contribution in [1.29, 1.82) is 0 Å². The van der Waals surface area contributed by atoms with Crippen molar-refractivity contribution >= 4 is 12.4 Å². The maximum Gasteiger partial charge on any atom is 0.127 e. The van der Waals surface area contributed by atoms with Crippen molar-refractivity contribution in [2.45, 2.75) is 13.0 Å². The molecule has 0 atom stereocenters. The van der Waals surface area contributed by atoms with Crippen LogP contribution >= 0.6 is 12.4 Å². The first-order valence-electron chi connectivity index (χ1n) is 6.88. The third-order valence-electron chi connectivity index (χ3n) is 3.84. The number of rotatable bonds is 3. The molecule has 3 nitrogen and oxygen atoms in total. The number of methoxy groups -OCH3 is 2. The van der Waals surface area contributed by atoms with Crippen LogP contribution in [0.5, 0.6) is 11.5 Å². The molecule has 2 aromatic rings. The molecule has 4 heteroatoms. The minimum Gasteiger partial charge on any atom is -0.496 e. The Morgan fingerprint density at radius 1 is 0.952 bits per heavy atom. The number of hydrogen-bond donors (Lipinski definition) is 1. The van der Waals surface area contributed by atoms with E-state index in [9.17, 15) is 0 Å². The molecule has 0 saturated heterocycles. The normalized spacial score (nSPS) is 13.0. The average Bonchev–Trinajstić information content (AvgIpc) is 2.53. The highest BCUT2D eigenvalue weighted by Gasteiger charge is 2.20. The van der Waals surface area contributed by atoms with E-state index < -0.39 is 0 Å². The fourth-order valence-corrected chi connectivity index (χ4v) is 2.86. The zero-order chi connectivity index (χ0) is 13.9. The van der Waals surface area contributed by atoms with Gasteiger partial charge in [0.05, 0.1) is 14.2 Å². The molecule has 2 aromatic carbocycles. The van der Waals surface area contributed by atoms with Gasteiger partial charge in [0.2, 0.25) is 0 Å². The van der Waals surface area contributed by atoms with Crippen LogP contribution in [0.4, 0.5) is 0 Å². The zero-order valence-electron chi connectivity index (χ0n) is 12.3. The summed E-state index contributed by atoms with van der Waals surface area (Å²) < 4.78 is 11.1. The van der Waals surface area contributed by atoms with Crippen LogP contribution in [0.15, 0.2) is 36.4 Å². The van der Waals surface area contributed by atoms with Crippen molar-refractivity contribution in [2.24, 2.45) is 0 Å². The number of nitrogens with one attached hydrogen (secondary N) is 1. The average molecular weight is 306 g/mol. The van der Waals surface area contributed by atoms with Crippen molar-refractivity contribution < 1.29 is 9.47 Å². The topological polar surface area (TPSA) is 30.5 Å². The summed E-state index contributed by atoms with van der Waals surface area (Å²) >= 11 is 0. The van der Waals surface area contributed by atoms with Crippen molar-refractivity contribution in [1.82, 2.24) is 5.32 Å². The smallest absolute Gasteiger partial charge is 0.127 e. The summed E-state index contributed by atoms with van der Waals surface area (Å²) in [7, 11) is 3.43. The Bertz CT molecular complexity index is 628. The molecule has 0 unspecified atom stereocenters. The molecule has 1 aliphatic heterocycles. The van der Waals surface area contributed by atoms with Gasteiger partial charge in [-0.05, 0) is 36.2 Å². The standard InChI is InChI=1S/C17H19NO2.ClH/c1-19-15-6-4-3-5-13(15)17-14-11-18-10-9-12(14)7-8-16(17)20-2;/h3-8,18H,9-11H2,1-2H3;1H. The van der Waals surface area contributed by atoms with Gasteiger partial charge in [0.25, 0.3) is 0 Å². The lowest BCUT2D eigenvalue weighted by atomic mass is 9.90. The van der Waals surface area contributed by atoms with Crippen LogP contribution in [0.2, 0.25) is 0 Å². The number of benzene rings is 2. The highest BCUT2D eigenvalue weighted by molar-refractivity contribution is 5.85. The Morgan fingerprint density at radius 3 is 2.48 bits per heavy atom. The van der Waals surface area contributed by atoms with Gasteiger partial charge in [0.15, 0.2) is 0 Å². The fourth-order valence-electron chi connectivity index (χ4n) is 2.86. The van der Waals surface area contributed by atoms with Crippen LogP contribution in [0, 0.1) is 0 Å². The molecule has 1 heterocycles. The first kappa shape index (κ1) is 15.7. The van der Waals surface area contributed by atoms with Crippen LogP contribution in [0.3, 0.4) is 0 Å². The van der Waals surface area contributed by atoms with Gasteiger partial charge in [-0.25, -0.2) is 0 Å². The van der Waals surface area contributed by atoms with Gasteiger partial charge in [0, 0.05) is 17.7 Å². The highest BCUT2D eigenvalue weighted by Crippen LogP contribution is 2.40. The minimum atomic E-state index is 0. The van der Waals surface area contributed by atoms with Crippen LogP contribution < -0.4 is 14.8 Å². The first-order valence-corrected chi connectivity index (χ1v) is 6.88. The molecule has 0 radical (unpaired) electrons. The molecule has 21 heavy (non-hydrogen) atoms. The Labute approximate surface area is 131 Å². The molecular weight excluding hydrogens is 286 g/mol. The van der Waals surface area contributed by atoms with E-state index in [2.05, 4.69) is 23.5 Å². The maximum absolute atomic E-state index is 5.58. The molecule has 0 spiro atoms. The number of ether oxygens (including phenoxy) is 2. The molecular formula is C17H20ClNO2. The second-order valence-corrected chi connectivity index (χ2v) is 4.91. The van der Waals surface area contributed by atoms with E-state index in [1.807, 2.05) is 18.2 Å². The summed E-state index contributed by atoms with van der Waals surface area (Å²) in [6, 6.07) is 12.3. The Kier molecular flexibility index (Phi) is 5.10. The van der Waals surface area contributed by atoms with E-state index in [0.29, 0.717) is 0 Å². The fraction of sp³-hybridized carbons (Fsp3) is 0.294. The van der Waals surface area contributed by atoms with Gasteiger partial charge < -0.3 is 14.8 Å². The van der Waals surface area contributed by atoms with E-state index in [1.165, 1.54) is 11.1 Å². The molecule has 0 bridgehead atoms. The van der Waals surface area contributed by atoms with Crippen molar-refractivity contribution in [3.63, 3.8) is 0 Å². The Balaban J connectivity index is 0.00000161. The quantitative estimate of drug-likeness (QED) is 0.942.